The van der Waals surface area contributed by atoms with E-state index in [1.54, 1.807) is 23.7 Å². The number of halogens is 1. The summed E-state index contributed by atoms with van der Waals surface area (Å²) in [5.74, 6) is 0.0726. The van der Waals surface area contributed by atoms with Gasteiger partial charge in [0.05, 0.1) is 23.3 Å². The van der Waals surface area contributed by atoms with Crippen molar-refractivity contribution < 1.29 is 12.8 Å². The number of aryl methyl sites for hydroxylation is 2. The molecule has 0 aliphatic carbocycles. The van der Waals surface area contributed by atoms with Gasteiger partial charge >= 0.3 is 0 Å². The standard InChI is InChI=1S/C17H18FN3O2S/c1-12-4-3-5-13(8-12)11-24(22,23)19-10-17-20-15-9-14(18)6-7-16(15)21(17)2/h3-9,19H,10-11H2,1-2H3. The molecule has 0 radical (unpaired) electrons. The van der Waals surface area contributed by atoms with Gasteiger partial charge in [-0.3, -0.25) is 0 Å². The summed E-state index contributed by atoms with van der Waals surface area (Å²) >= 11 is 0. The van der Waals surface area contributed by atoms with Crippen LogP contribution in [-0.4, -0.2) is 18.0 Å². The quantitative estimate of drug-likeness (QED) is 0.772. The number of hydrogen-bond acceptors (Lipinski definition) is 3. The molecular weight excluding hydrogens is 329 g/mol. The van der Waals surface area contributed by atoms with E-state index in [9.17, 15) is 12.8 Å². The van der Waals surface area contributed by atoms with Gasteiger partial charge in [-0.05, 0) is 24.6 Å². The lowest BCUT2D eigenvalue weighted by Crippen LogP contribution is -2.26. The van der Waals surface area contributed by atoms with Gasteiger partial charge in [0.15, 0.2) is 0 Å². The van der Waals surface area contributed by atoms with Gasteiger partial charge in [0.25, 0.3) is 0 Å². The zero-order chi connectivity index (χ0) is 17.3. The maximum Gasteiger partial charge on any atom is 0.216 e. The average Bonchev–Trinajstić information content (AvgIpc) is 2.80. The van der Waals surface area contributed by atoms with Crippen LogP contribution in [0.4, 0.5) is 4.39 Å². The van der Waals surface area contributed by atoms with Crippen LogP contribution in [0.3, 0.4) is 0 Å². The molecular formula is C17H18FN3O2S. The molecule has 1 aromatic heterocycles. The minimum atomic E-state index is -3.49. The third-order valence-electron chi connectivity index (χ3n) is 3.82. The summed E-state index contributed by atoms with van der Waals surface area (Å²) in [4.78, 5) is 4.29. The lowest BCUT2D eigenvalue weighted by atomic mass is 10.2. The first-order valence-corrected chi connectivity index (χ1v) is 9.13. The van der Waals surface area contributed by atoms with Gasteiger partial charge < -0.3 is 4.57 Å². The Morgan fingerprint density at radius 3 is 2.75 bits per heavy atom. The number of nitrogens with one attached hydrogen (secondary N) is 1. The van der Waals surface area contributed by atoms with E-state index >= 15 is 0 Å². The lowest BCUT2D eigenvalue weighted by molar-refractivity contribution is 0.577. The smallest absolute Gasteiger partial charge is 0.216 e. The Balaban J connectivity index is 1.76. The van der Waals surface area contributed by atoms with Crippen molar-refractivity contribution in [3.63, 3.8) is 0 Å². The Labute approximate surface area is 140 Å². The molecule has 3 rings (SSSR count). The molecule has 1 heterocycles. The Kier molecular flexibility index (Phi) is 4.38. The summed E-state index contributed by atoms with van der Waals surface area (Å²) in [5.41, 5.74) is 3.00. The molecule has 0 atom stereocenters. The van der Waals surface area contributed by atoms with Crippen molar-refractivity contribution in [1.82, 2.24) is 14.3 Å². The molecule has 2 aromatic carbocycles. The van der Waals surface area contributed by atoms with E-state index in [-0.39, 0.29) is 18.1 Å². The van der Waals surface area contributed by atoms with Crippen LogP contribution in [-0.2, 0) is 29.4 Å². The van der Waals surface area contributed by atoms with Crippen molar-refractivity contribution >= 4 is 21.1 Å². The summed E-state index contributed by atoms with van der Waals surface area (Å²) in [6.07, 6.45) is 0. The Bertz CT molecular complexity index is 996. The number of rotatable bonds is 5. The van der Waals surface area contributed by atoms with Crippen LogP contribution in [0.15, 0.2) is 42.5 Å². The molecule has 0 bridgehead atoms. The summed E-state index contributed by atoms with van der Waals surface area (Å²) in [6.45, 7) is 1.98. The molecule has 0 aliphatic heterocycles. The van der Waals surface area contributed by atoms with Crippen LogP contribution in [0.5, 0.6) is 0 Å². The van der Waals surface area contributed by atoms with Crippen molar-refractivity contribution in [1.29, 1.82) is 0 Å². The molecule has 0 unspecified atom stereocenters. The van der Waals surface area contributed by atoms with E-state index in [2.05, 4.69) is 9.71 Å². The lowest BCUT2D eigenvalue weighted by Gasteiger charge is -2.07. The van der Waals surface area contributed by atoms with Crippen LogP contribution >= 0.6 is 0 Å². The number of fused-ring (bicyclic) bond motifs is 1. The van der Waals surface area contributed by atoms with Gasteiger partial charge in [-0.1, -0.05) is 29.8 Å². The minimum absolute atomic E-state index is 0.0565. The van der Waals surface area contributed by atoms with E-state index < -0.39 is 10.0 Å². The highest BCUT2D eigenvalue weighted by molar-refractivity contribution is 7.88. The number of imidazole rings is 1. The Morgan fingerprint density at radius 2 is 2.00 bits per heavy atom. The number of nitrogens with zero attached hydrogens (tertiary/aromatic N) is 2. The van der Waals surface area contributed by atoms with Gasteiger partial charge in [-0.2, -0.15) is 0 Å². The van der Waals surface area contributed by atoms with Crippen molar-refractivity contribution in [2.75, 3.05) is 0 Å². The van der Waals surface area contributed by atoms with Crippen molar-refractivity contribution in [2.24, 2.45) is 7.05 Å². The normalized spacial score (nSPS) is 12.0. The van der Waals surface area contributed by atoms with Crippen LogP contribution < -0.4 is 4.72 Å². The molecule has 0 saturated heterocycles. The second-order valence-electron chi connectivity index (χ2n) is 5.79. The van der Waals surface area contributed by atoms with Gasteiger partial charge in [-0.15, -0.1) is 0 Å². The molecule has 7 heteroatoms. The first-order valence-electron chi connectivity index (χ1n) is 7.48. The first-order chi connectivity index (χ1) is 11.3. The fraction of sp³-hybridized carbons (Fsp3) is 0.235. The third-order valence-corrected chi connectivity index (χ3v) is 5.12. The Morgan fingerprint density at radius 1 is 1.21 bits per heavy atom. The van der Waals surface area contributed by atoms with Crippen molar-refractivity contribution in [3.8, 4) is 0 Å². The molecule has 0 spiro atoms. The highest BCUT2D eigenvalue weighted by Gasteiger charge is 2.14. The van der Waals surface area contributed by atoms with Crippen LogP contribution in [0.1, 0.15) is 17.0 Å². The topological polar surface area (TPSA) is 64.0 Å². The predicted octanol–water partition coefficient (Wildman–Crippen LogP) is 2.64. The SMILES string of the molecule is Cc1cccc(CS(=O)(=O)NCc2nc3cc(F)ccc3n2C)c1. The maximum atomic E-state index is 13.3. The largest absolute Gasteiger partial charge is 0.330 e. The second-order valence-corrected chi connectivity index (χ2v) is 7.60. The molecule has 3 aromatic rings. The molecule has 126 valence electrons. The number of aromatic nitrogens is 2. The number of benzene rings is 2. The summed E-state index contributed by atoms with van der Waals surface area (Å²) in [7, 11) is -1.71. The average molecular weight is 347 g/mol. The van der Waals surface area contributed by atoms with E-state index in [1.165, 1.54) is 12.1 Å². The van der Waals surface area contributed by atoms with E-state index in [1.807, 2.05) is 25.1 Å². The fourth-order valence-corrected chi connectivity index (χ4v) is 3.70. The summed E-state index contributed by atoms with van der Waals surface area (Å²) < 4.78 is 42.1. The van der Waals surface area contributed by atoms with E-state index in [4.69, 9.17) is 0 Å². The van der Waals surface area contributed by atoms with Crippen LogP contribution in [0, 0.1) is 12.7 Å². The van der Waals surface area contributed by atoms with E-state index in [0.29, 0.717) is 11.3 Å². The van der Waals surface area contributed by atoms with Crippen molar-refractivity contribution in [2.45, 2.75) is 19.2 Å². The highest BCUT2D eigenvalue weighted by Crippen LogP contribution is 2.16. The summed E-state index contributed by atoms with van der Waals surface area (Å²) in [5, 5.41) is 0. The molecule has 0 aliphatic rings. The van der Waals surface area contributed by atoms with Gasteiger partial charge in [0.1, 0.15) is 11.6 Å². The minimum Gasteiger partial charge on any atom is -0.330 e. The highest BCUT2D eigenvalue weighted by atomic mass is 32.2. The first kappa shape index (κ1) is 16.6. The van der Waals surface area contributed by atoms with Crippen LogP contribution in [0.2, 0.25) is 0 Å². The molecule has 5 nitrogen and oxygen atoms in total. The van der Waals surface area contributed by atoms with Crippen LogP contribution in [0.25, 0.3) is 11.0 Å². The predicted molar refractivity (Wildman–Crippen MR) is 91.3 cm³/mol. The number of hydrogen-bond donors (Lipinski definition) is 1. The van der Waals surface area contributed by atoms with Gasteiger partial charge in [-0.25, -0.2) is 22.5 Å². The molecule has 24 heavy (non-hydrogen) atoms. The van der Waals surface area contributed by atoms with Crippen molar-refractivity contribution in [3.05, 3.63) is 65.2 Å². The zero-order valence-corrected chi connectivity index (χ0v) is 14.3. The second kappa shape index (κ2) is 6.33. The Hall–Kier alpha value is -2.25. The number of sulfonamides is 1. The third kappa shape index (κ3) is 3.63. The molecule has 0 fully saturated rings. The monoisotopic (exact) mass is 347 g/mol. The molecule has 1 N–H and O–H groups in total. The molecule has 0 amide bonds. The van der Waals surface area contributed by atoms with E-state index in [0.717, 1.165) is 16.6 Å². The zero-order valence-electron chi connectivity index (χ0n) is 13.5. The fourth-order valence-electron chi connectivity index (χ4n) is 2.63. The van der Waals surface area contributed by atoms with Gasteiger partial charge in [0, 0.05) is 13.1 Å². The van der Waals surface area contributed by atoms with Gasteiger partial charge in [0.2, 0.25) is 10.0 Å². The maximum absolute atomic E-state index is 13.3. The summed E-state index contributed by atoms with van der Waals surface area (Å²) in [6, 6.07) is 11.7. The molecule has 0 saturated carbocycles.